The number of rotatable bonds is 2. The van der Waals surface area contributed by atoms with Gasteiger partial charge in [-0.1, -0.05) is 23.7 Å². The summed E-state index contributed by atoms with van der Waals surface area (Å²) in [7, 11) is 0. The summed E-state index contributed by atoms with van der Waals surface area (Å²) in [6, 6.07) is 7.51. The third-order valence-electron chi connectivity index (χ3n) is 2.79. The molecule has 0 bridgehead atoms. The zero-order valence-corrected chi connectivity index (χ0v) is 11.2. The Balaban J connectivity index is 2.71. The normalized spacial score (nSPS) is 11.8. The standard InChI is InChI=1S/C15H9ClF2N2/c1-9-4-5-12(17)13(15(9)18)14(16)11(7-19)10-3-2-6-20-8-10/h2-6,8H,1H3/b14-11+. The second-order valence-corrected chi connectivity index (χ2v) is 4.47. The molecular weight excluding hydrogens is 282 g/mol. The van der Waals surface area contributed by atoms with Crippen LogP contribution >= 0.6 is 11.6 Å². The topological polar surface area (TPSA) is 36.7 Å². The second kappa shape index (κ2) is 5.81. The largest absolute Gasteiger partial charge is 0.264 e. The smallest absolute Gasteiger partial charge is 0.137 e. The van der Waals surface area contributed by atoms with Crippen LogP contribution in [0.4, 0.5) is 8.78 Å². The third kappa shape index (κ3) is 2.54. The molecule has 2 rings (SSSR count). The predicted molar refractivity (Wildman–Crippen MR) is 73.6 cm³/mol. The molecule has 0 amide bonds. The van der Waals surface area contributed by atoms with Crippen LogP contribution in [0, 0.1) is 29.9 Å². The molecule has 0 saturated carbocycles. The molecule has 0 saturated heterocycles. The molecule has 1 aromatic carbocycles. The highest BCUT2D eigenvalue weighted by molar-refractivity contribution is 6.53. The summed E-state index contributed by atoms with van der Waals surface area (Å²) in [5, 5.41) is 8.93. The van der Waals surface area contributed by atoms with Crippen molar-refractivity contribution in [3.63, 3.8) is 0 Å². The summed E-state index contributed by atoms with van der Waals surface area (Å²) in [6.07, 6.45) is 2.94. The van der Waals surface area contributed by atoms with Gasteiger partial charge in [-0.25, -0.2) is 8.78 Å². The fourth-order valence-corrected chi connectivity index (χ4v) is 2.06. The number of nitrogens with zero attached hydrogens (tertiary/aromatic N) is 2. The highest BCUT2D eigenvalue weighted by Crippen LogP contribution is 2.33. The zero-order chi connectivity index (χ0) is 14.7. The van der Waals surface area contributed by atoms with E-state index < -0.39 is 17.2 Å². The second-order valence-electron chi connectivity index (χ2n) is 4.10. The van der Waals surface area contributed by atoms with E-state index in [2.05, 4.69) is 4.98 Å². The molecule has 100 valence electrons. The number of benzene rings is 1. The van der Waals surface area contributed by atoms with Crippen LogP contribution in [0.1, 0.15) is 16.7 Å². The molecule has 0 N–H and O–H groups in total. The van der Waals surface area contributed by atoms with Crippen LogP contribution in [0.15, 0.2) is 36.7 Å². The van der Waals surface area contributed by atoms with Gasteiger partial charge in [-0.2, -0.15) is 5.26 Å². The Labute approximate surface area is 120 Å². The maximum Gasteiger partial charge on any atom is 0.137 e. The first kappa shape index (κ1) is 14.2. The Morgan fingerprint density at radius 2 is 2.05 bits per heavy atom. The highest BCUT2D eigenvalue weighted by Gasteiger charge is 2.19. The van der Waals surface area contributed by atoms with Crippen LogP contribution in [0.2, 0.25) is 0 Å². The van der Waals surface area contributed by atoms with E-state index in [1.54, 1.807) is 12.1 Å². The summed E-state index contributed by atoms with van der Waals surface area (Å²) < 4.78 is 27.9. The molecule has 2 nitrogen and oxygen atoms in total. The van der Waals surface area contributed by atoms with Crippen LogP contribution < -0.4 is 0 Å². The SMILES string of the molecule is Cc1ccc(F)c(/C(Cl)=C(/C#N)c2cccnc2)c1F. The number of nitriles is 1. The third-order valence-corrected chi connectivity index (χ3v) is 3.16. The Hall–Kier alpha value is -2.25. The van der Waals surface area contributed by atoms with Crippen molar-refractivity contribution in [2.24, 2.45) is 0 Å². The number of pyridine rings is 1. The molecule has 0 aliphatic rings. The first-order chi connectivity index (χ1) is 9.56. The molecule has 1 aromatic heterocycles. The van der Waals surface area contributed by atoms with Crippen molar-refractivity contribution >= 4 is 22.2 Å². The van der Waals surface area contributed by atoms with Crippen LogP contribution in [0.3, 0.4) is 0 Å². The van der Waals surface area contributed by atoms with Crippen LogP contribution in [-0.4, -0.2) is 4.98 Å². The summed E-state index contributed by atoms with van der Waals surface area (Å²) in [5.41, 5.74) is 0.235. The van der Waals surface area contributed by atoms with Gasteiger partial charge in [0.1, 0.15) is 17.7 Å². The van der Waals surface area contributed by atoms with Gasteiger partial charge < -0.3 is 0 Å². The number of hydrogen-bond donors (Lipinski definition) is 0. The van der Waals surface area contributed by atoms with Crippen molar-refractivity contribution in [2.75, 3.05) is 0 Å². The fraction of sp³-hybridized carbons (Fsp3) is 0.0667. The van der Waals surface area contributed by atoms with E-state index in [9.17, 15) is 14.0 Å². The van der Waals surface area contributed by atoms with E-state index in [0.29, 0.717) is 5.56 Å². The van der Waals surface area contributed by atoms with Gasteiger partial charge in [0.25, 0.3) is 0 Å². The van der Waals surface area contributed by atoms with Gasteiger partial charge in [-0.05, 0) is 24.6 Å². The molecule has 20 heavy (non-hydrogen) atoms. The van der Waals surface area contributed by atoms with Crippen molar-refractivity contribution < 1.29 is 8.78 Å². The Bertz CT molecular complexity index is 719. The first-order valence-corrected chi connectivity index (χ1v) is 6.09. The van der Waals surface area contributed by atoms with Crippen LogP contribution in [0.25, 0.3) is 10.6 Å². The zero-order valence-electron chi connectivity index (χ0n) is 10.5. The Morgan fingerprint density at radius 1 is 1.30 bits per heavy atom. The molecular formula is C15H9ClF2N2. The summed E-state index contributed by atoms with van der Waals surface area (Å²) in [4.78, 5) is 3.86. The highest BCUT2D eigenvalue weighted by atomic mass is 35.5. The molecule has 0 aliphatic carbocycles. The number of aryl methyl sites for hydroxylation is 1. The van der Waals surface area contributed by atoms with E-state index in [4.69, 9.17) is 11.6 Å². The Morgan fingerprint density at radius 3 is 2.65 bits per heavy atom. The maximum absolute atomic E-state index is 14.0. The lowest BCUT2D eigenvalue weighted by atomic mass is 10.0. The molecule has 5 heteroatoms. The van der Waals surface area contributed by atoms with Gasteiger partial charge in [-0.3, -0.25) is 4.98 Å². The molecule has 0 aliphatic heterocycles. The predicted octanol–water partition coefficient (Wildman–Crippen LogP) is 4.30. The molecule has 1 heterocycles. The first-order valence-electron chi connectivity index (χ1n) is 5.71. The van der Waals surface area contributed by atoms with E-state index in [1.807, 2.05) is 6.07 Å². The average molecular weight is 291 g/mol. The minimum atomic E-state index is -0.810. The molecule has 0 atom stereocenters. The van der Waals surface area contributed by atoms with Crippen molar-refractivity contribution in [1.29, 1.82) is 5.26 Å². The van der Waals surface area contributed by atoms with E-state index in [-0.39, 0.29) is 16.2 Å². The van der Waals surface area contributed by atoms with Crippen LogP contribution in [0.5, 0.6) is 0 Å². The van der Waals surface area contributed by atoms with Crippen molar-refractivity contribution in [2.45, 2.75) is 6.92 Å². The van der Waals surface area contributed by atoms with Gasteiger partial charge in [0.05, 0.1) is 16.2 Å². The van der Waals surface area contributed by atoms with Crippen molar-refractivity contribution in [1.82, 2.24) is 4.98 Å². The number of allylic oxidation sites excluding steroid dienone is 1. The summed E-state index contributed by atoms with van der Waals surface area (Å²) >= 11 is 6.04. The minimum absolute atomic E-state index is 0.0248. The molecule has 0 unspecified atom stereocenters. The lowest BCUT2D eigenvalue weighted by Crippen LogP contribution is -1.97. The minimum Gasteiger partial charge on any atom is -0.264 e. The van der Waals surface area contributed by atoms with E-state index in [1.165, 1.54) is 25.4 Å². The molecule has 0 spiro atoms. The van der Waals surface area contributed by atoms with Gasteiger partial charge in [0.15, 0.2) is 0 Å². The van der Waals surface area contributed by atoms with E-state index in [0.717, 1.165) is 6.07 Å². The maximum atomic E-state index is 14.0. The van der Waals surface area contributed by atoms with Crippen LogP contribution in [-0.2, 0) is 0 Å². The van der Waals surface area contributed by atoms with Gasteiger partial charge >= 0.3 is 0 Å². The number of halogens is 3. The van der Waals surface area contributed by atoms with Crippen molar-refractivity contribution in [3.8, 4) is 6.07 Å². The van der Waals surface area contributed by atoms with Gasteiger partial charge in [0.2, 0.25) is 0 Å². The monoisotopic (exact) mass is 290 g/mol. The quantitative estimate of drug-likeness (QED) is 0.773. The number of aromatic nitrogens is 1. The summed E-state index contributed by atoms with van der Waals surface area (Å²) in [6.45, 7) is 1.50. The Kier molecular flexibility index (Phi) is 4.11. The lowest BCUT2D eigenvalue weighted by Gasteiger charge is -2.08. The van der Waals surface area contributed by atoms with E-state index >= 15 is 0 Å². The summed E-state index contributed by atoms with van der Waals surface area (Å²) in [5.74, 6) is -1.58. The number of hydrogen-bond acceptors (Lipinski definition) is 2. The van der Waals surface area contributed by atoms with Gasteiger partial charge in [0, 0.05) is 18.0 Å². The molecule has 0 radical (unpaired) electrons. The lowest BCUT2D eigenvalue weighted by molar-refractivity contribution is 0.572. The van der Waals surface area contributed by atoms with Gasteiger partial charge in [-0.15, -0.1) is 0 Å². The fourth-order valence-electron chi connectivity index (χ4n) is 1.73. The molecule has 2 aromatic rings. The van der Waals surface area contributed by atoms with Crippen molar-refractivity contribution in [3.05, 3.63) is 65.0 Å². The molecule has 0 fully saturated rings. The average Bonchev–Trinajstić information content (AvgIpc) is 2.45.